The fourth-order valence-corrected chi connectivity index (χ4v) is 3.18. The molecule has 1 aliphatic heterocycles. The fourth-order valence-electron chi connectivity index (χ4n) is 3.18. The number of likely N-dealkylation sites (tertiary alicyclic amines) is 1. The molecule has 0 aliphatic carbocycles. The summed E-state index contributed by atoms with van der Waals surface area (Å²) in [7, 11) is 0. The van der Waals surface area contributed by atoms with Gasteiger partial charge in [-0.2, -0.15) is 5.10 Å². The third-order valence-corrected chi connectivity index (χ3v) is 4.22. The lowest BCUT2D eigenvalue weighted by atomic mass is 9.92. The van der Waals surface area contributed by atoms with Crippen LogP contribution in [0.2, 0.25) is 0 Å². The van der Waals surface area contributed by atoms with Gasteiger partial charge in [-0.25, -0.2) is 0 Å². The normalized spacial score (nSPS) is 20.4. The van der Waals surface area contributed by atoms with Gasteiger partial charge in [-0.15, -0.1) is 0 Å². The Morgan fingerprint density at radius 2 is 2.35 bits per heavy atom. The van der Waals surface area contributed by atoms with Crippen molar-refractivity contribution >= 4 is 0 Å². The molecule has 3 rings (SSSR count). The van der Waals surface area contributed by atoms with E-state index in [0.29, 0.717) is 5.92 Å². The van der Waals surface area contributed by atoms with E-state index >= 15 is 0 Å². The average Bonchev–Trinajstić information content (AvgIpc) is 3.08. The molecule has 0 spiro atoms. The predicted molar refractivity (Wildman–Crippen MR) is 78.7 cm³/mol. The van der Waals surface area contributed by atoms with Crippen LogP contribution < -0.4 is 0 Å². The van der Waals surface area contributed by atoms with E-state index < -0.39 is 0 Å². The first-order valence-electron chi connectivity index (χ1n) is 7.56. The Morgan fingerprint density at radius 3 is 3.10 bits per heavy atom. The van der Waals surface area contributed by atoms with E-state index in [2.05, 4.69) is 28.1 Å². The lowest BCUT2D eigenvalue weighted by Crippen LogP contribution is -2.34. The van der Waals surface area contributed by atoms with Crippen molar-refractivity contribution in [3.05, 3.63) is 41.1 Å². The second-order valence-corrected chi connectivity index (χ2v) is 5.75. The highest BCUT2D eigenvalue weighted by molar-refractivity contribution is 5.21. The Hall–Kier alpha value is -1.55. The highest BCUT2D eigenvalue weighted by Gasteiger charge is 2.24. The van der Waals surface area contributed by atoms with E-state index in [9.17, 15) is 0 Å². The van der Waals surface area contributed by atoms with E-state index in [0.717, 1.165) is 37.6 Å². The van der Waals surface area contributed by atoms with E-state index in [4.69, 9.17) is 4.42 Å². The van der Waals surface area contributed by atoms with Crippen LogP contribution in [0.15, 0.2) is 22.7 Å². The van der Waals surface area contributed by atoms with Gasteiger partial charge in [-0.1, -0.05) is 6.92 Å². The number of hydrogen-bond acceptors (Lipinski definition) is 3. The van der Waals surface area contributed by atoms with Gasteiger partial charge in [0.1, 0.15) is 11.5 Å². The number of aromatic nitrogens is 2. The van der Waals surface area contributed by atoms with Gasteiger partial charge in [0.05, 0.1) is 12.7 Å². The smallest absolute Gasteiger partial charge is 0.118 e. The third-order valence-electron chi connectivity index (χ3n) is 4.22. The number of aryl methyl sites for hydroxylation is 2. The summed E-state index contributed by atoms with van der Waals surface area (Å²) in [5.41, 5.74) is 2.71. The SMILES string of the molecule is CCc1cn[nH]c1C1CCCN(Cc2ccc(C)o2)C1. The Kier molecular flexibility index (Phi) is 3.92. The summed E-state index contributed by atoms with van der Waals surface area (Å²) in [5, 5.41) is 7.43. The highest BCUT2D eigenvalue weighted by atomic mass is 16.3. The molecule has 1 saturated heterocycles. The molecular formula is C16H23N3O. The number of rotatable bonds is 4. The lowest BCUT2D eigenvalue weighted by molar-refractivity contribution is 0.184. The van der Waals surface area contributed by atoms with Crippen molar-refractivity contribution < 1.29 is 4.42 Å². The molecule has 2 aromatic rings. The maximum absolute atomic E-state index is 5.70. The van der Waals surface area contributed by atoms with E-state index in [1.165, 1.54) is 24.1 Å². The summed E-state index contributed by atoms with van der Waals surface area (Å²) in [6.45, 7) is 7.36. The first-order chi connectivity index (χ1) is 9.76. The quantitative estimate of drug-likeness (QED) is 0.930. The molecule has 3 heterocycles. The van der Waals surface area contributed by atoms with Crippen molar-refractivity contribution in [3.8, 4) is 0 Å². The number of hydrogen-bond donors (Lipinski definition) is 1. The van der Waals surface area contributed by atoms with Crippen molar-refractivity contribution in [1.29, 1.82) is 0 Å². The van der Waals surface area contributed by atoms with Crippen molar-refractivity contribution in [2.24, 2.45) is 0 Å². The molecule has 2 aromatic heterocycles. The molecule has 1 atom stereocenters. The minimum Gasteiger partial charge on any atom is -0.465 e. The highest BCUT2D eigenvalue weighted by Crippen LogP contribution is 2.28. The minimum atomic E-state index is 0.581. The van der Waals surface area contributed by atoms with Gasteiger partial charge >= 0.3 is 0 Å². The first kappa shape index (κ1) is 13.4. The molecule has 0 saturated carbocycles. The summed E-state index contributed by atoms with van der Waals surface area (Å²) in [6.07, 6.45) is 5.53. The largest absolute Gasteiger partial charge is 0.465 e. The zero-order valence-corrected chi connectivity index (χ0v) is 12.4. The molecule has 4 heteroatoms. The molecule has 0 bridgehead atoms. The van der Waals surface area contributed by atoms with Gasteiger partial charge in [0.2, 0.25) is 0 Å². The predicted octanol–water partition coefficient (Wildman–Crippen LogP) is 3.25. The summed E-state index contributed by atoms with van der Waals surface area (Å²) in [5.74, 6) is 2.65. The Morgan fingerprint density at radius 1 is 1.45 bits per heavy atom. The van der Waals surface area contributed by atoms with Crippen LogP contribution in [0.5, 0.6) is 0 Å². The van der Waals surface area contributed by atoms with Gasteiger partial charge in [-0.3, -0.25) is 10.00 Å². The molecule has 4 nitrogen and oxygen atoms in total. The number of aromatic amines is 1. The molecule has 1 aliphatic rings. The first-order valence-corrected chi connectivity index (χ1v) is 7.56. The Bertz CT molecular complexity index is 558. The standard InChI is InChI=1S/C16H23N3O/c1-3-13-9-17-18-16(13)14-5-4-8-19(10-14)11-15-7-6-12(2)20-15/h6-7,9,14H,3-5,8,10-11H2,1-2H3,(H,17,18). The number of furan rings is 1. The summed E-state index contributed by atoms with van der Waals surface area (Å²) in [6, 6.07) is 4.13. The topological polar surface area (TPSA) is 45.1 Å². The zero-order chi connectivity index (χ0) is 13.9. The van der Waals surface area contributed by atoms with Crippen LogP contribution in [0.3, 0.4) is 0 Å². The van der Waals surface area contributed by atoms with Crippen molar-refractivity contribution in [2.45, 2.75) is 45.6 Å². The lowest BCUT2D eigenvalue weighted by Gasteiger charge is -2.32. The second-order valence-electron chi connectivity index (χ2n) is 5.75. The monoisotopic (exact) mass is 273 g/mol. The van der Waals surface area contributed by atoms with Crippen LogP contribution in [0.4, 0.5) is 0 Å². The van der Waals surface area contributed by atoms with Crippen LogP contribution in [-0.2, 0) is 13.0 Å². The molecule has 20 heavy (non-hydrogen) atoms. The average molecular weight is 273 g/mol. The number of piperidine rings is 1. The molecule has 1 fully saturated rings. The van der Waals surface area contributed by atoms with E-state index in [1.807, 2.05) is 19.2 Å². The van der Waals surface area contributed by atoms with Gasteiger partial charge in [0.15, 0.2) is 0 Å². The van der Waals surface area contributed by atoms with Crippen molar-refractivity contribution in [2.75, 3.05) is 13.1 Å². The van der Waals surface area contributed by atoms with Crippen LogP contribution in [-0.4, -0.2) is 28.2 Å². The van der Waals surface area contributed by atoms with Crippen LogP contribution in [0, 0.1) is 6.92 Å². The molecule has 108 valence electrons. The fraction of sp³-hybridized carbons (Fsp3) is 0.562. The van der Waals surface area contributed by atoms with Gasteiger partial charge in [0, 0.05) is 18.2 Å². The van der Waals surface area contributed by atoms with E-state index in [1.54, 1.807) is 0 Å². The van der Waals surface area contributed by atoms with Gasteiger partial charge in [0.25, 0.3) is 0 Å². The molecular weight excluding hydrogens is 250 g/mol. The maximum Gasteiger partial charge on any atom is 0.118 e. The number of H-pyrrole nitrogens is 1. The van der Waals surface area contributed by atoms with Gasteiger partial charge < -0.3 is 4.42 Å². The number of nitrogens with one attached hydrogen (secondary N) is 1. The molecule has 1 N–H and O–H groups in total. The van der Waals surface area contributed by atoms with E-state index in [-0.39, 0.29) is 0 Å². The van der Waals surface area contributed by atoms with Crippen LogP contribution in [0.1, 0.15) is 48.5 Å². The second kappa shape index (κ2) is 5.83. The Labute approximate surface area is 120 Å². The summed E-state index contributed by atoms with van der Waals surface area (Å²) < 4.78 is 5.70. The maximum atomic E-state index is 5.70. The minimum absolute atomic E-state index is 0.581. The van der Waals surface area contributed by atoms with Crippen LogP contribution in [0.25, 0.3) is 0 Å². The third kappa shape index (κ3) is 2.80. The summed E-state index contributed by atoms with van der Waals surface area (Å²) >= 11 is 0. The molecule has 1 unspecified atom stereocenters. The van der Waals surface area contributed by atoms with Crippen molar-refractivity contribution in [3.63, 3.8) is 0 Å². The molecule has 0 aromatic carbocycles. The van der Waals surface area contributed by atoms with Crippen LogP contribution >= 0.6 is 0 Å². The molecule has 0 amide bonds. The van der Waals surface area contributed by atoms with Gasteiger partial charge in [-0.05, 0) is 50.4 Å². The summed E-state index contributed by atoms with van der Waals surface area (Å²) in [4.78, 5) is 2.49. The molecule has 0 radical (unpaired) electrons. The van der Waals surface area contributed by atoms with Crippen molar-refractivity contribution in [1.82, 2.24) is 15.1 Å². The zero-order valence-electron chi connectivity index (χ0n) is 12.4. The number of nitrogens with zero attached hydrogens (tertiary/aromatic N) is 2. The Balaban J connectivity index is 1.67.